The zero-order chi connectivity index (χ0) is 19.4. The first-order chi connectivity index (χ1) is 13.0. The third-order valence-electron chi connectivity index (χ3n) is 5.17. The number of hydrogen-bond donors (Lipinski definition) is 1. The molecule has 0 radical (unpaired) electrons. The molecule has 3 rings (SSSR count). The van der Waals surface area contributed by atoms with Gasteiger partial charge in [-0.1, -0.05) is 27.7 Å². The lowest BCUT2D eigenvalue weighted by Gasteiger charge is -2.33. The molecular formula is C21H31N5O. The third kappa shape index (κ3) is 4.54. The van der Waals surface area contributed by atoms with Crippen LogP contribution < -0.4 is 10.2 Å². The minimum atomic E-state index is 0.0351. The predicted octanol–water partition coefficient (Wildman–Crippen LogP) is 3.14. The van der Waals surface area contributed by atoms with Crippen LogP contribution in [0.2, 0.25) is 0 Å². The number of anilines is 1. The monoisotopic (exact) mass is 369 g/mol. The zero-order valence-corrected chi connectivity index (χ0v) is 17.0. The molecule has 27 heavy (non-hydrogen) atoms. The summed E-state index contributed by atoms with van der Waals surface area (Å²) < 4.78 is 0. The first-order valence-electron chi connectivity index (χ1n) is 10.2. The molecule has 1 N–H and O–H groups in total. The van der Waals surface area contributed by atoms with Crippen molar-refractivity contribution in [1.29, 1.82) is 0 Å². The van der Waals surface area contributed by atoms with Crippen LogP contribution >= 0.6 is 0 Å². The standard InChI is InChI=1S/C21H31N5O/c1-5-17-18(6-2)25-20-19(24-17)10-16(12-22-20)26-9-7-8-15(13-26)21(27)23-11-14(3)4/h10,12,14-15H,5-9,11,13H2,1-4H3,(H,23,27)/t15-/m0/s1. The van der Waals surface area contributed by atoms with Gasteiger partial charge >= 0.3 is 0 Å². The van der Waals surface area contributed by atoms with Gasteiger partial charge < -0.3 is 10.2 Å². The van der Waals surface area contributed by atoms with E-state index in [0.29, 0.717) is 11.6 Å². The van der Waals surface area contributed by atoms with E-state index in [2.05, 4.69) is 53.9 Å². The van der Waals surface area contributed by atoms with Crippen molar-refractivity contribution in [2.75, 3.05) is 24.5 Å². The Morgan fingerprint density at radius 2 is 2.00 bits per heavy atom. The van der Waals surface area contributed by atoms with Gasteiger partial charge in [-0.2, -0.15) is 0 Å². The van der Waals surface area contributed by atoms with Gasteiger partial charge in [0, 0.05) is 19.6 Å². The maximum absolute atomic E-state index is 12.5. The summed E-state index contributed by atoms with van der Waals surface area (Å²) >= 11 is 0. The molecule has 0 aliphatic carbocycles. The third-order valence-corrected chi connectivity index (χ3v) is 5.17. The summed E-state index contributed by atoms with van der Waals surface area (Å²) in [4.78, 5) is 28.8. The largest absolute Gasteiger partial charge is 0.369 e. The van der Waals surface area contributed by atoms with Crippen LogP contribution in [0, 0.1) is 11.8 Å². The number of amides is 1. The molecule has 1 saturated heterocycles. The van der Waals surface area contributed by atoms with Crippen molar-refractivity contribution >= 4 is 22.8 Å². The molecule has 1 aliphatic rings. The van der Waals surface area contributed by atoms with Crippen molar-refractivity contribution in [3.05, 3.63) is 23.7 Å². The van der Waals surface area contributed by atoms with Crippen molar-refractivity contribution in [2.24, 2.45) is 11.8 Å². The number of aromatic nitrogens is 3. The lowest BCUT2D eigenvalue weighted by Crippen LogP contribution is -2.43. The van der Waals surface area contributed by atoms with E-state index >= 15 is 0 Å². The molecule has 1 amide bonds. The number of carbonyl (C=O) groups is 1. The number of fused-ring (bicyclic) bond motifs is 1. The number of piperidine rings is 1. The molecule has 0 unspecified atom stereocenters. The molecule has 6 heteroatoms. The molecular weight excluding hydrogens is 338 g/mol. The van der Waals surface area contributed by atoms with Gasteiger partial charge in [-0.05, 0) is 37.7 Å². The topological polar surface area (TPSA) is 71.0 Å². The molecule has 1 aliphatic heterocycles. The van der Waals surface area contributed by atoms with Gasteiger partial charge in [0.2, 0.25) is 5.91 Å². The van der Waals surface area contributed by atoms with Crippen LogP contribution in [0.5, 0.6) is 0 Å². The van der Waals surface area contributed by atoms with Crippen LogP contribution in [0.15, 0.2) is 12.3 Å². The van der Waals surface area contributed by atoms with Crippen LogP contribution in [0.1, 0.15) is 51.9 Å². The minimum Gasteiger partial charge on any atom is -0.369 e. The van der Waals surface area contributed by atoms with E-state index < -0.39 is 0 Å². The SMILES string of the molecule is CCc1nc2cc(N3CCC[C@H](C(=O)NCC(C)C)C3)cnc2nc1CC. The molecule has 3 heterocycles. The molecule has 0 aromatic carbocycles. The van der Waals surface area contributed by atoms with Crippen LogP contribution in [-0.2, 0) is 17.6 Å². The van der Waals surface area contributed by atoms with E-state index in [1.807, 2.05) is 6.20 Å². The highest BCUT2D eigenvalue weighted by Crippen LogP contribution is 2.25. The van der Waals surface area contributed by atoms with Gasteiger partial charge in [-0.15, -0.1) is 0 Å². The highest BCUT2D eigenvalue weighted by Gasteiger charge is 2.26. The van der Waals surface area contributed by atoms with E-state index in [-0.39, 0.29) is 11.8 Å². The Kier molecular flexibility index (Phi) is 6.24. The Hall–Kier alpha value is -2.24. The highest BCUT2D eigenvalue weighted by atomic mass is 16.1. The van der Waals surface area contributed by atoms with E-state index in [9.17, 15) is 4.79 Å². The van der Waals surface area contributed by atoms with Gasteiger partial charge in [0.05, 0.1) is 29.2 Å². The van der Waals surface area contributed by atoms with E-state index in [1.165, 1.54) is 0 Å². The van der Waals surface area contributed by atoms with Gasteiger partial charge in [-0.25, -0.2) is 15.0 Å². The smallest absolute Gasteiger partial charge is 0.224 e. The van der Waals surface area contributed by atoms with Crippen LogP contribution in [0.25, 0.3) is 11.2 Å². The summed E-state index contributed by atoms with van der Waals surface area (Å²) in [7, 11) is 0. The summed E-state index contributed by atoms with van der Waals surface area (Å²) in [5.41, 5.74) is 4.66. The Labute approximate surface area is 161 Å². The predicted molar refractivity (Wildman–Crippen MR) is 109 cm³/mol. The average Bonchev–Trinajstić information content (AvgIpc) is 2.70. The Balaban J connectivity index is 1.78. The summed E-state index contributed by atoms with van der Waals surface area (Å²) in [5, 5.41) is 3.08. The van der Waals surface area contributed by atoms with Crippen molar-refractivity contribution in [2.45, 2.75) is 53.4 Å². The minimum absolute atomic E-state index is 0.0351. The molecule has 1 atom stereocenters. The van der Waals surface area contributed by atoms with Gasteiger partial charge in [-0.3, -0.25) is 4.79 Å². The lowest BCUT2D eigenvalue weighted by atomic mass is 9.96. The molecule has 0 spiro atoms. The second-order valence-electron chi connectivity index (χ2n) is 7.78. The fourth-order valence-electron chi connectivity index (χ4n) is 3.62. The zero-order valence-electron chi connectivity index (χ0n) is 17.0. The van der Waals surface area contributed by atoms with Crippen molar-refractivity contribution in [1.82, 2.24) is 20.3 Å². The Bertz CT molecular complexity index is 805. The number of nitrogens with zero attached hydrogens (tertiary/aromatic N) is 4. The summed E-state index contributed by atoms with van der Waals surface area (Å²) in [6.07, 6.45) is 5.57. The molecule has 146 valence electrons. The molecule has 0 bridgehead atoms. The fraction of sp³-hybridized carbons (Fsp3) is 0.619. The molecule has 1 fully saturated rings. The number of aryl methyl sites for hydroxylation is 2. The fourth-order valence-corrected chi connectivity index (χ4v) is 3.62. The number of rotatable bonds is 6. The molecule has 6 nitrogen and oxygen atoms in total. The van der Waals surface area contributed by atoms with Crippen molar-refractivity contribution in [3.8, 4) is 0 Å². The van der Waals surface area contributed by atoms with E-state index in [4.69, 9.17) is 4.98 Å². The maximum atomic E-state index is 12.5. The summed E-state index contributed by atoms with van der Waals surface area (Å²) in [5.74, 6) is 0.674. The second kappa shape index (κ2) is 8.63. The molecule has 0 saturated carbocycles. The Morgan fingerprint density at radius 1 is 1.26 bits per heavy atom. The number of nitrogens with one attached hydrogen (secondary N) is 1. The lowest BCUT2D eigenvalue weighted by molar-refractivity contribution is -0.125. The number of carbonyl (C=O) groups excluding carboxylic acids is 1. The number of pyridine rings is 1. The van der Waals surface area contributed by atoms with Gasteiger partial charge in [0.25, 0.3) is 0 Å². The molecule has 2 aromatic rings. The summed E-state index contributed by atoms with van der Waals surface area (Å²) in [6.45, 7) is 10.9. The maximum Gasteiger partial charge on any atom is 0.224 e. The van der Waals surface area contributed by atoms with Crippen LogP contribution in [0.3, 0.4) is 0 Å². The van der Waals surface area contributed by atoms with Gasteiger partial charge in [0.1, 0.15) is 5.52 Å². The van der Waals surface area contributed by atoms with E-state index in [1.54, 1.807) is 0 Å². The number of hydrogen-bond acceptors (Lipinski definition) is 5. The van der Waals surface area contributed by atoms with Crippen LogP contribution in [-0.4, -0.2) is 40.5 Å². The first kappa shape index (κ1) is 19.5. The van der Waals surface area contributed by atoms with E-state index in [0.717, 1.165) is 67.9 Å². The van der Waals surface area contributed by atoms with Crippen molar-refractivity contribution in [3.63, 3.8) is 0 Å². The quantitative estimate of drug-likeness (QED) is 0.847. The van der Waals surface area contributed by atoms with Gasteiger partial charge in [0.15, 0.2) is 5.65 Å². The highest BCUT2D eigenvalue weighted by molar-refractivity contribution is 5.80. The Morgan fingerprint density at radius 3 is 2.70 bits per heavy atom. The first-order valence-corrected chi connectivity index (χ1v) is 10.2. The average molecular weight is 370 g/mol. The molecule has 2 aromatic heterocycles. The van der Waals surface area contributed by atoms with Crippen molar-refractivity contribution < 1.29 is 4.79 Å². The normalized spacial score (nSPS) is 17.5. The summed E-state index contributed by atoms with van der Waals surface area (Å²) in [6, 6.07) is 2.07. The second-order valence-corrected chi connectivity index (χ2v) is 7.78. The van der Waals surface area contributed by atoms with Crippen LogP contribution in [0.4, 0.5) is 5.69 Å².